The normalized spacial score (nSPS) is 14.1. The van der Waals surface area contributed by atoms with Crippen molar-refractivity contribution in [1.29, 1.82) is 5.26 Å². The lowest BCUT2D eigenvalue weighted by Gasteiger charge is -2.18. The van der Waals surface area contributed by atoms with Crippen molar-refractivity contribution in [2.45, 2.75) is 18.6 Å². The Morgan fingerprint density at radius 1 is 1.29 bits per heavy atom. The van der Waals surface area contributed by atoms with Gasteiger partial charge in [0.15, 0.2) is 0 Å². The molecule has 1 rings (SSSR count). The lowest BCUT2D eigenvalue weighted by molar-refractivity contribution is 0.0150. The number of nitriles is 1. The molecule has 0 aliphatic heterocycles. The predicted octanol–water partition coefficient (Wildman–Crippen LogP) is 1.55. The van der Waals surface area contributed by atoms with Crippen molar-refractivity contribution in [3.8, 4) is 6.07 Å². The van der Waals surface area contributed by atoms with Crippen LogP contribution in [0.2, 0.25) is 0 Å². The highest BCUT2D eigenvalue weighted by molar-refractivity contribution is 7.80. The Bertz CT molecular complexity index is 448. The smallest absolute Gasteiger partial charge is 0.141 e. The number of aliphatic hydroxyl groups excluding tert-OH is 2. The standard InChI is InChI=1S/C11H11F2NO2S/c12-8-4-7(9(13)3-6(8)5-14)11(16)10(15)1-2-17/h3-4,10-11,15-17H,1-2H2. The van der Waals surface area contributed by atoms with E-state index in [4.69, 9.17) is 5.26 Å². The number of aliphatic hydroxyl groups is 2. The van der Waals surface area contributed by atoms with Crippen molar-refractivity contribution in [2.24, 2.45) is 0 Å². The van der Waals surface area contributed by atoms with E-state index in [9.17, 15) is 19.0 Å². The van der Waals surface area contributed by atoms with Crippen molar-refractivity contribution in [1.82, 2.24) is 0 Å². The first-order valence-corrected chi connectivity index (χ1v) is 5.50. The van der Waals surface area contributed by atoms with Gasteiger partial charge in [0.25, 0.3) is 0 Å². The van der Waals surface area contributed by atoms with Crippen molar-refractivity contribution in [2.75, 3.05) is 5.75 Å². The van der Waals surface area contributed by atoms with Gasteiger partial charge >= 0.3 is 0 Å². The molecule has 92 valence electrons. The van der Waals surface area contributed by atoms with Crippen LogP contribution >= 0.6 is 12.6 Å². The quantitative estimate of drug-likeness (QED) is 0.719. The second-order valence-electron chi connectivity index (χ2n) is 3.49. The monoisotopic (exact) mass is 259 g/mol. The van der Waals surface area contributed by atoms with Gasteiger partial charge < -0.3 is 10.2 Å². The highest BCUT2D eigenvalue weighted by atomic mass is 32.1. The number of hydrogen-bond acceptors (Lipinski definition) is 4. The highest BCUT2D eigenvalue weighted by Crippen LogP contribution is 2.24. The van der Waals surface area contributed by atoms with E-state index in [-0.39, 0.29) is 12.0 Å². The summed E-state index contributed by atoms with van der Waals surface area (Å²) < 4.78 is 26.7. The molecule has 1 aromatic rings. The van der Waals surface area contributed by atoms with Gasteiger partial charge in [-0.3, -0.25) is 0 Å². The van der Waals surface area contributed by atoms with Gasteiger partial charge in [0, 0.05) is 5.56 Å². The molecule has 0 amide bonds. The molecule has 0 saturated heterocycles. The fourth-order valence-electron chi connectivity index (χ4n) is 1.37. The SMILES string of the molecule is N#Cc1cc(F)c(C(O)C(O)CCS)cc1F. The molecule has 2 unspecified atom stereocenters. The van der Waals surface area contributed by atoms with E-state index in [1.165, 1.54) is 6.07 Å². The van der Waals surface area contributed by atoms with Crippen LogP contribution in [0.4, 0.5) is 8.78 Å². The summed E-state index contributed by atoms with van der Waals surface area (Å²) in [7, 11) is 0. The van der Waals surface area contributed by atoms with Gasteiger partial charge in [-0.2, -0.15) is 17.9 Å². The van der Waals surface area contributed by atoms with Crippen molar-refractivity contribution >= 4 is 12.6 Å². The maximum absolute atomic E-state index is 13.5. The van der Waals surface area contributed by atoms with E-state index in [1.807, 2.05) is 0 Å². The van der Waals surface area contributed by atoms with Gasteiger partial charge in [0.2, 0.25) is 0 Å². The lowest BCUT2D eigenvalue weighted by Crippen LogP contribution is -2.20. The zero-order valence-electron chi connectivity index (χ0n) is 8.77. The second-order valence-corrected chi connectivity index (χ2v) is 3.94. The molecule has 0 heterocycles. The molecule has 0 spiro atoms. The first kappa shape index (κ1) is 13.9. The molecule has 0 radical (unpaired) electrons. The second kappa shape index (κ2) is 5.96. The summed E-state index contributed by atoms with van der Waals surface area (Å²) in [6.45, 7) is 0. The van der Waals surface area contributed by atoms with Crippen LogP contribution in [-0.2, 0) is 0 Å². The molecule has 17 heavy (non-hydrogen) atoms. The molecule has 1 aromatic carbocycles. The molecule has 2 N–H and O–H groups in total. The van der Waals surface area contributed by atoms with E-state index in [2.05, 4.69) is 12.6 Å². The molecule has 0 aromatic heterocycles. The Morgan fingerprint density at radius 2 is 1.94 bits per heavy atom. The molecular weight excluding hydrogens is 248 g/mol. The summed E-state index contributed by atoms with van der Waals surface area (Å²) in [5.74, 6) is -1.55. The number of nitrogens with zero attached hydrogens (tertiary/aromatic N) is 1. The molecule has 3 nitrogen and oxygen atoms in total. The Morgan fingerprint density at radius 3 is 2.47 bits per heavy atom. The summed E-state index contributed by atoms with van der Waals surface area (Å²) >= 11 is 3.86. The highest BCUT2D eigenvalue weighted by Gasteiger charge is 2.22. The number of benzene rings is 1. The van der Waals surface area contributed by atoms with Gasteiger partial charge in [-0.25, -0.2) is 8.78 Å². The molecule has 0 saturated carbocycles. The lowest BCUT2D eigenvalue weighted by atomic mass is 10.0. The third-order valence-electron chi connectivity index (χ3n) is 2.31. The number of hydrogen-bond donors (Lipinski definition) is 3. The zero-order valence-corrected chi connectivity index (χ0v) is 9.66. The van der Waals surface area contributed by atoms with Crippen LogP contribution in [0, 0.1) is 23.0 Å². The minimum absolute atomic E-state index is 0.144. The minimum Gasteiger partial charge on any atom is -0.390 e. The Kier molecular flexibility index (Phi) is 4.87. The summed E-state index contributed by atoms with van der Waals surface area (Å²) in [5, 5.41) is 27.6. The van der Waals surface area contributed by atoms with E-state index in [1.54, 1.807) is 0 Å². The van der Waals surface area contributed by atoms with Crippen LogP contribution in [0.15, 0.2) is 12.1 Å². The van der Waals surface area contributed by atoms with Crippen LogP contribution < -0.4 is 0 Å². The number of halogens is 2. The molecule has 0 bridgehead atoms. The van der Waals surface area contributed by atoms with Gasteiger partial charge in [0.1, 0.15) is 23.8 Å². The molecule has 2 atom stereocenters. The Hall–Kier alpha value is -1.16. The van der Waals surface area contributed by atoms with Crippen LogP contribution in [0.1, 0.15) is 23.7 Å². The van der Waals surface area contributed by atoms with E-state index >= 15 is 0 Å². The molecule has 0 aliphatic carbocycles. The average Bonchev–Trinajstić information content (AvgIpc) is 2.31. The number of rotatable bonds is 4. The Balaban J connectivity index is 3.07. The topological polar surface area (TPSA) is 64.2 Å². The maximum atomic E-state index is 13.5. The van der Waals surface area contributed by atoms with Crippen molar-refractivity contribution < 1.29 is 19.0 Å². The van der Waals surface area contributed by atoms with Gasteiger partial charge in [0.05, 0.1) is 11.7 Å². The number of thiol groups is 1. The molecule has 0 aliphatic rings. The van der Waals surface area contributed by atoms with Gasteiger partial charge in [-0.1, -0.05) is 0 Å². The van der Waals surface area contributed by atoms with Crippen LogP contribution in [-0.4, -0.2) is 22.1 Å². The fourth-order valence-corrected chi connectivity index (χ4v) is 1.64. The van der Waals surface area contributed by atoms with Crippen molar-refractivity contribution in [3.63, 3.8) is 0 Å². The third-order valence-corrected chi connectivity index (χ3v) is 2.57. The van der Waals surface area contributed by atoms with Crippen LogP contribution in [0.5, 0.6) is 0 Å². The summed E-state index contributed by atoms with van der Waals surface area (Å²) in [6.07, 6.45) is -2.62. The van der Waals surface area contributed by atoms with Gasteiger partial charge in [-0.05, 0) is 24.3 Å². The van der Waals surface area contributed by atoms with E-state index < -0.39 is 29.4 Å². The van der Waals surface area contributed by atoms with Crippen LogP contribution in [0.3, 0.4) is 0 Å². The maximum Gasteiger partial charge on any atom is 0.141 e. The summed E-state index contributed by atoms with van der Waals surface area (Å²) in [6, 6.07) is 2.90. The summed E-state index contributed by atoms with van der Waals surface area (Å²) in [4.78, 5) is 0. The third kappa shape index (κ3) is 3.16. The van der Waals surface area contributed by atoms with E-state index in [0.717, 1.165) is 6.07 Å². The molecular formula is C11H11F2NO2S. The van der Waals surface area contributed by atoms with Crippen molar-refractivity contribution in [3.05, 3.63) is 34.9 Å². The largest absolute Gasteiger partial charge is 0.390 e. The Labute approximate surface area is 103 Å². The first-order valence-electron chi connectivity index (χ1n) is 4.87. The minimum atomic E-state index is -1.54. The van der Waals surface area contributed by atoms with E-state index in [0.29, 0.717) is 11.8 Å². The zero-order chi connectivity index (χ0) is 13.0. The van der Waals surface area contributed by atoms with Gasteiger partial charge in [-0.15, -0.1) is 0 Å². The molecule has 0 fully saturated rings. The predicted molar refractivity (Wildman–Crippen MR) is 60.5 cm³/mol. The van der Waals surface area contributed by atoms with Crippen LogP contribution in [0.25, 0.3) is 0 Å². The average molecular weight is 259 g/mol. The first-order chi connectivity index (χ1) is 8.01. The molecule has 6 heteroatoms. The fraction of sp³-hybridized carbons (Fsp3) is 0.364. The summed E-state index contributed by atoms with van der Waals surface area (Å²) in [5.41, 5.74) is -0.807.